The Bertz CT molecular complexity index is 1030. The van der Waals surface area contributed by atoms with Crippen LogP contribution in [0.25, 0.3) is 22.7 Å². The van der Waals surface area contributed by atoms with Gasteiger partial charge in [0, 0.05) is 23.5 Å². The topological polar surface area (TPSA) is 94.1 Å². The lowest BCUT2D eigenvalue weighted by molar-refractivity contribution is 0.0995. The molecule has 128 valence electrons. The molecule has 0 atom stereocenters. The normalized spacial score (nSPS) is 10.7. The minimum Gasteiger partial charge on any atom is -0.444 e. The molecule has 4 heterocycles. The van der Waals surface area contributed by atoms with Gasteiger partial charge in [0.2, 0.25) is 5.89 Å². The van der Waals surface area contributed by atoms with Gasteiger partial charge in [-0.25, -0.2) is 9.97 Å². The number of furan rings is 1. The summed E-state index contributed by atoms with van der Waals surface area (Å²) in [5, 5.41) is 2.68. The Morgan fingerprint density at radius 1 is 0.962 bits per heavy atom. The summed E-state index contributed by atoms with van der Waals surface area (Å²) in [6.45, 7) is 0. The van der Waals surface area contributed by atoms with Gasteiger partial charge in [-0.3, -0.25) is 9.78 Å². The smallest absolute Gasteiger partial charge is 0.292 e. The summed E-state index contributed by atoms with van der Waals surface area (Å²) < 4.78 is 10.9. The van der Waals surface area contributed by atoms with Crippen LogP contribution in [0.2, 0.25) is 0 Å². The first kappa shape index (κ1) is 16.2. The van der Waals surface area contributed by atoms with Gasteiger partial charge in [0.05, 0.1) is 6.20 Å². The summed E-state index contributed by atoms with van der Waals surface area (Å²) in [5.74, 6) is 0.731. The van der Waals surface area contributed by atoms with Crippen LogP contribution < -0.4 is 5.32 Å². The average Bonchev–Trinajstić information content (AvgIpc) is 3.34. The van der Waals surface area contributed by atoms with Gasteiger partial charge in [0.25, 0.3) is 5.91 Å². The molecular formula is C18H11BrN4O3. The summed E-state index contributed by atoms with van der Waals surface area (Å²) in [5.41, 5.74) is 2.41. The van der Waals surface area contributed by atoms with Crippen molar-refractivity contribution in [1.82, 2.24) is 15.0 Å². The molecule has 26 heavy (non-hydrogen) atoms. The van der Waals surface area contributed by atoms with E-state index < -0.39 is 0 Å². The van der Waals surface area contributed by atoms with Gasteiger partial charge in [-0.15, -0.1) is 0 Å². The lowest BCUT2D eigenvalue weighted by atomic mass is 10.1. The monoisotopic (exact) mass is 410 g/mol. The number of nitrogens with zero attached hydrogens (tertiary/aromatic N) is 3. The van der Waals surface area contributed by atoms with Crippen LogP contribution in [0.3, 0.4) is 0 Å². The number of aromatic nitrogens is 3. The van der Waals surface area contributed by atoms with E-state index in [1.165, 1.54) is 6.26 Å². The van der Waals surface area contributed by atoms with Crippen molar-refractivity contribution in [2.24, 2.45) is 0 Å². The Balaban J connectivity index is 1.48. The maximum atomic E-state index is 12.0. The van der Waals surface area contributed by atoms with Gasteiger partial charge in [-0.05, 0) is 46.3 Å². The van der Waals surface area contributed by atoms with Crippen molar-refractivity contribution in [2.45, 2.75) is 0 Å². The van der Waals surface area contributed by atoms with Gasteiger partial charge in [-0.1, -0.05) is 6.07 Å². The van der Waals surface area contributed by atoms with E-state index in [4.69, 9.17) is 8.83 Å². The summed E-state index contributed by atoms with van der Waals surface area (Å²) in [4.78, 5) is 24.7. The molecule has 0 fully saturated rings. The first-order chi connectivity index (χ1) is 12.7. The van der Waals surface area contributed by atoms with E-state index in [0.717, 1.165) is 11.1 Å². The van der Waals surface area contributed by atoms with Crippen molar-refractivity contribution in [1.29, 1.82) is 0 Å². The molecule has 0 unspecified atom stereocenters. The number of carbonyl (C=O) groups is 1. The Morgan fingerprint density at radius 3 is 2.35 bits per heavy atom. The van der Waals surface area contributed by atoms with Crippen molar-refractivity contribution < 1.29 is 13.6 Å². The van der Waals surface area contributed by atoms with Gasteiger partial charge < -0.3 is 14.2 Å². The van der Waals surface area contributed by atoms with Crippen molar-refractivity contribution in [3.8, 4) is 22.7 Å². The molecule has 0 aliphatic carbocycles. The standard InChI is InChI=1S/C18H11BrN4O3/c19-15-5-4-14(26-15)17(24)23-16-6-2-12(10-22-16)11-1-3-13(21-9-11)18-20-7-8-25-18/h1-10H,(H,22,23,24). The number of carbonyl (C=O) groups excluding carboxylic acids is 1. The number of anilines is 1. The lowest BCUT2D eigenvalue weighted by Crippen LogP contribution is -2.11. The molecule has 7 nitrogen and oxygen atoms in total. The van der Waals surface area contributed by atoms with Gasteiger partial charge in [-0.2, -0.15) is 0 Å². The maximum absolute atomic E-state index is 12.0. The third kappa shape index (κ3) is 3.40. The fraction of sp³-hybridized carbons (Fsp3) is 0. The molecule has 4 aromatic rings. The number of halogens is 1. The third-order valence-electron chi connectivity index (χ3n) is 3.55. The SMILES string of the molecule is O=C(Nc1ccc(-c2ccc(-c3ncco3)nc2)cn1)c1ccc(Br)o1. The largest absolute Gasteiger partial charge is 0.444 e. The van der Waals surface area contributed by atoms with Gasteiger partial charge in [0.1, 0.15) is 17.8 Å². The molecule has 0 radical (unpaired) electrons. The predicted octanol–water partition coefficient (Wildman–Crippen LogP) is 4.41. The van der Waals surface area contributed by atoms with Crippen LogP contribution in [-0.4, -0.2) is 20.9 Å². The summed E-state index contributed by atoms with van der Waals surface area (Å²) >= 11 is 3.16. The number of hydrogen-bond donors (Lipinski definition) is 1. The summed E-state index contributed by atoms with van der Waals surface area (Å²) in [6, 6.07) is 10.5. The fourth-order valence-corrected chi connectivity index (χ4v) is 2.60. The maximum Gasteiger partial charge on any atom is 0.292 e. The highest BCUT2D eigenvalue weighted by Gasteiger charge is 2.11. The Hall–Kier alpha value is -3.26. The summed E-state index contributed by atoms with van der Waals surface area (Å²) in [7, 11) is 0. The molecule has 1 amide bonds. The Labute approximate surface area is 156 Å². The molecule has 0 saturated carbocycles. The first-order valence-corrected chi connectivity index (χ1v) is 8.37. The highest BCUT2D eigenvalue weighted by molar-refractivity contribution is 9.10. The zero-order valence-electron chi connectivity index (χ0n) is 13.2. The second kappa shape index (κ2) is 6.93. The van der Waals surface area contributed by atoms with Crippen molar-refractivity contribution in [3.63, 3.8) is 0 Å². The highest BCUT2D eigenvalue weighted by Crippen LogP contribution is 2.22. The zero-order chi connectivity index (χ0) is 17.9. The van der Waals surface area contributed by atoms with E-state index in [1.54, 1.807) is 36.8 Å². The molecule has 0 aliphatic heterocycles. The van der Waals surface area contributed by atoms with E-state index in [9.17, 15) is 4.79 Å². The van der Waals surface area contributed by atoms with Gasteiger partial charge in [0.15, 0.2) is 10.4 Å². The Morgan fingerprint density at radius 2 is 1.77 bits per heavy atom. The molecule has 1 N–H and O–H groups in total. The molecule has 8 heteroatoms. The molecule has 0 spiro atoms. The van der Waals surface area contributed by atoms with Crippen molar-refractivity contribution in [3.05, 3.63) is 71.7 Å². The van der Waals surface area contributed by atoms with Crippen LogP contribution >= 0.6 is 15.9 Å². The molecule has 4 aromatic heterocycles. The summed E-state index contributed by atoms with van der Waals surface area (Å²) in [6.07, 6.45) is 6.46. The number of hydrogen-bond acceptors (Lipinski definition) is 6. The van der Waals surface area contributed by atoms with E-state index in [2.05, 4.69) is 36.2 Å². The second-order valence-corrected chi connectivity index (χ2v) is 6.04. The fourth-order valence-electron chi connectivity index (χ4n) is 2.29. The van der Waals surface area contributed by atoms with Crippen LogP contribution in [0.15, 0.2) is 74.8 Å². The minimum absolute atomic E-state index is 0.203. The number of oxazole rings is 1. The Kier molecular flexibility index (Phi) is 4.32. The molecule has 4 rings (SSSR count). The zero-order valence-corrected chi connectivity index (χ0v) is 14.8. The third-order valence-corrected chi connectivity index (χ3v) is 3.98. The molecule has 0 aliphatic rings. The average molecular weight is 411 g/mol. The van der Waals surface area contributed by atoms with E-state index in [0.29, 0.717) is 22.1 Å². The number of nitrogens with one attached hydrogen (secondary N) is 1. The highest BCUT2D eigenvalue weighted by atomic mass is 79.9. The van der Waals surface area contributed by atoms with Crippen molar-refractivity contribution in [2.75, 3.05) is 5.32 Å². The van der Waals surface area contributed by atoms with Crippen LogP contribution in [0.1, 0.15) is 10.6 Å². The van der Waals surface area contributed by atoms with Crippen LogP contribution in [0, 0.1) is 0 Å². The van der Waals surface area contributed by atoms with Crippen LogP contribution in [-0.2, 0) is 0 Å². The first-order valence-electron chi connectivity index (χ1n) is 7.58. The number of amides is 1. The second-order valence-electron chi connectivity index (χ2n) is 5.26. The lowest BCUT2D eigenvalue weighted by Gasteiger charge is -2.05. The minimum atomic E-state index is -0.368. The van der Waals surface area contributed by atoms with E-state index >= 15 is 0 Å². The predicted molar refractivity (Wildman–Crippen MR) is 97.3 cm³/mol. The van der Waals surface area contributed by atoms with Gasteiger partial charge >= 0.3 is 0 Å². The molecule has 0 aromatic carbocycles. The molecule has 0 bridgehead atoms. The van der Waals surface area contributed by atoms with Crippen molar-refractivity contribution >= 4 is 27.7 Å². The van der Waals surface area contributed by atoms with Crippen LogP contribution in [0.4, 0.5) is 5.82 Å². The quantitative estimate of drug-likeness (QED) is 0.535. The molecule has 0 saturated heterocycles. The molecular weight excluding hydrogens is 400 g/mol. The van der Waals surface area contributed by atoms with E-state index in [-0.39, 0.29) is 11.7 Å². The van der Waals surface area contributed by atoms with Crippen LogP contribution in [0.5, 0.6) is 0 Å². The van der Waals surface area contributed by atoms with E-state index in [1.807, 2.05) is 18.2 Å². The number of rotatable bonds is 4. The number of pyridine rings is 2.